The Balaban J connectivity index is 0.00000208. The number of hydrogen-bond donors (Lipinski definition) is 3. The molecule has 1 aromatic rings. The van der Waals surface area contributed by atoms with E-state index in [-0.39, 0.29) is 36.2 Å². The van der Waals surface area contributed by atoms with Crippen molar-refractivity contribution in [1.29, 1.82) is 0 Å². The number of carbonyl (C=O) groups excluding carboxylic acids is 2. The first-order valence-electron chi connectivity index (χ1n) is 8.14. The van der Waals surface area contributed by atoms with Crippen LogP contribution < -0.4 is 16.0 Å². The molecule has 2 fully saturated rings. The van der Waals surface area contributed by atoms with Crippen LogP contribution in [0.1, 0.15) is 24.8 Å². The predicted octanol–water partition coefficient (Wildman–Crippen LogP) is 2.08. The Morgan fingerprint density at radius 3 is 2.75 bits per heavy atom. The second kappa shape index (κ2) is 8.46. The summed E-state index contributed by atoms with van der Waals surface area (Å²) in [5, 5.41) is 9.10. The Bertz CT molecular complexity index is 599. The van der Waals surface area contributed by atoms with E-state index in [1.165, 1.54) is 0 Å². The molecule has 7 heteroatoms. The maximum Gasteiger partial charge on any atom is 0.227 e. The molecule has 0 aromatic heterocycles. The molecule has 24 heavy (non-hydrogen) atoms. The van der Waals surface area contributed by atoms with Gasteiger partial charge in [-0.2, -0.15) is 0 Å². The van der Waals surface area contributed by atoms with Crippen LogP contribution in [-0.4, -0.2) is 37.6 Å². The van der Waals surface area contributed by atoms with Crippen molar-refractivity contribution in [1.82, 2.24) is 5.32 Å². The lowest BCUT2D eigenvalue weighted by atomic mass is 10.1. The Morgan fingerprint density at radius 1 is 1.29 bits per heavy atom. The zero-order valence-electron chi connectivity index (χ0n) is 13.8. The van der Waals surface area contributed by atoms with Crippen molar-refractivity contribution in [2.75, 3.05) is 30.4 Å². The molecule has 1 aliphatic carbocycles. The lowest BCUT2D eigenvalue weighted by molar-refractivity contribution is -0.118. The highest BCUT2D eigenvalue weighted by Crippen LogP contribution is 2.30. The summed E-state index contributed by atoms with van der Waals surface area (Å²) in [6.07, 6.45) is 2.31. The van der Waals surface area contributed by atoms with Crippen LogP contribution in [0.25, 0.3) is 0 Å². The summed E-state index contributed by atoms with van der Waals surface area (Å²) in [6.45, 7) is 3.97. The van der Waals surface area contributed by atoms with Crippen molar-refractivity contribution < 1.29 is 14.3 Å². The molecule has 0 radical (unpaired) electrons. The quantitative estimate of drug-likeness (QED) is 0.757. The van der Waals surface area contributed by atoms with Gasteiger partial charge in [-0.3, -0.25) is 9.59 Å². The molecule has 2 amide bonds. The van der Waals surface area contributed by atoms with Crippen LogP contribution in [-0.2, 0) is 14.3 Å². The lowest BCUT2D eigenvalue weighted by Gasteiger charge is -2.23. The fraction of sp³-hybridized carbons (Fsp3) is 0.529. The minimum absolute atomic E-state index is 0. The normalized spacial score (nSPS) is 20.0. The second-order valence-corrected chi connectivity index (χ2v) is 6.27. The minimum Gasteiger partial charge on any atom is -0.378 e. The van der Waals surface area contributed by atoms with Crippen molar-refractivity contribution >= 4 is 35.6 Å². The summed E-state index contributed by atoms with van der Waals surface area (Å²) >= 11 is 0. The Hall–Kier alpha value is -1.63. The first-order valence-corrected chi connectivity index (χ1v) is 8.14. The van der Waals surface area contributed by atoms with Gasteiger partial charge in [0.2, 0.25) is 11.8 Å². The van der Waals surface area contributed by atoms with E-state index in [1.54, 1.807) is 0 Å². The summed E-state index contributed by atoms with van der Waals surface area (Å²) in [5.74, 6) is 0.170. The average Bonchev–Trinajstić information content (AvgIpc) is 3.36. The molecule has 0 spiro atoms. The Morgan fingerprint density at radius 2 is 2.08 bits per heavy atom. The molecule has 2 aliphatic rings. The van der Waals surface area contributed by atoms with E-state index in [1.807, 2.05) is 25.1 Å². The molecular weight excluding hydrogens is 330 g/mol. The number of carbonyl (C=O) groups is 2. The van der Waals surface area contributed by atoms with Crippen LogP contribution >= 0.6 is 12.4 Å². The van der Waals surface area contributed by atoms with Crippen molar-refractivity contribution in [3.63, 3.8) is 0 Å². The fourth-order valence-corrected chi connectivity index (χ4v) is 2.60. The molecule has 1 aliphatic heterocycles. The number of benzene rings is 1. The van der Waals surface area contributed by atoms with Gasteiger partial charge in [-0.25, -0.2) is 0 Å². The smallest absolute Gasteiger partial charge is 0.227 e. The third-order valence-corrected chi connectivity index (χ3v) is 4.16. The Kier molecular flexibility index (Phi) is 6.60. The second-order valence-electron chi connectivity index (χ2n) is 6.27. The topological polar surface area (TPSA) is 79.5 Å². The number of aryl methyl sites for hydroxylation is 1. The maximum atomic E-state index is 12.2. The standard InChI is InChI=1S/C17H23N3O3.ClH/c1-11-2-5-13(19-17(22)12-3-4-12)8-15(11)20-16(21)9-14-10-23-7-6-18-14;/h2,5,8,12,14,18H,3-4,6-7,9-10H2,1H3,(H,19,22)(H,20,21);1H. The largest absolute Gasteiger partial charge is 0.378 e. The maximum absolute atomic E-state index is 12.2. The monoisotopic (exact) mass is 353 g/mol. The van der Waals surface area contributed by atoms with Gasteiger partial charge >= 0.3 is 0 Å². The summed E-state index contributed by atoms with van der Waals surface area (Å²) in [4.78, 5) is 24.0. The van der Waals surface area contributed by atoms with E-state index in [9.17, 15) is 9.59 Å². The fourth-order valence-electron chi connectivity index (χ4n) is 2.60. The van der Waals surface area contributed by atoms with Gasteiger partial charge in [0.05, 0.1) is 13.2 Å². The molecule has 3 rings (SSSR count). The van der Waals surface area contributed by atoms with E-state index in [2.05, 4.69) is 16.0 Å². The first kappa shape index (κ1) is 18.7. The van der Waals surface area contributed by atoms with Crippen LogP contribution in [0.3, 0.4) is 0 Å². The van der Waals surface area contributed by atoms with Gasteiger partial charge in [-0.15, -0.1) is 12.4 Å². The van der Waals surface area contributed by atoms with E-state index in [0.29, 0.717) is 19.6 Å². The minimum atomic E-state index is -0.0539. The first-order chi connectivity index (χ1) is 11.1. The summed E-state index contributed by atoms with van der Waals surface area (Å²) < 4.78 is 5.36. The number of rotatable bonds is 5. The molecular formula is C17H24ClN3O3. The highest BCUT2D eigenvalue weighted by molar-refractivity contribution is 5.96. The number of amides is 2. The molecule has 6 nitrogen and oxygen atoms in total. The van der Waals surface area contributed by atoms with Gasteiger partial charge in [0.15, 0.2) is 0 Å². The molecule has 1 saturated carbocycles. The summed E-state index contributed by atoms with van der Waals surface area (Å²) in [5.41, 5.74) is 2.43. The Labute approximate surface area is 148 Å². The highest BCUT2D eigenvalue weighted by atomic mass is 35.5. The van der Waals surface area contributed by atoms with Crippen LogP contribution in [0.4, 0.5) is 11.4 Å². The van der Waals surface area contributed by atoms with Crippen molar-refractivity contribution in [3.05, 3.63) is 23.8 Å². The van der Waals surface area contributed by atoms with Gasteiger partial charge < -0.3 is 20.7 Å². The SMILES string of the molecule is Cc1ccc(NC(=O)C2CC2)cc1NC(=O)CC1COCCN1.Cl. The van der Waals surface area contributed by atoms with Crippen LogP contribution in [0.5, 0.6) is 0 Å². The molecule has 1 unspecified atom stereocenters. The van der Waals surface area contributed by atoms with Crippen molar-refractivity contribution in [2.45, 2.75) is 32.2 Å². The number of hydrogen-bond acceptors (Lipinski definition) is 4. The van der Waals surface area contributed by atoms with Gasteiger partial charge in [-0.05, 0) is 37.5 Å². The number of ether oxygens (including phenoxy) is 1. The van der Waals surface area contributed by atoms with Gasteiger partial charge in [-0.1, -0.05) is 6.07 Å². The molecule has 1 atom stereocenters. The zero-order valence-corrected chi connectivity index (χ0v) is 14.6. The number of anilines is 2. The van der Waals surface area contributed by atoms with Crippen LogP contribution in [0, 0.1) is 12.8 Å². The van der Waals surface area contributed by atoms with Gasteiger partial charge in [0, 0.05) is 36.3 Å². The van der Waals surface area contributed by atoms with Crippen LogP contribution in [0.2, 0.25) is 0 Å². The van der Waals surface area contributed by atoms with E-state index in [0.717, 1.165) is 36.3 Å². The molecule has 1 aromatic carbocycles. The number of morpholine rings is 1. The molecule has 132 valence electrons. The summed E-state index contributed by atoms with van der Waals surface area (Å²) in [7, 11) is 0. The third kappa shape index (κ3) is 5.19. The number of nitrogens with one attached hydrogen (secondary N) is 3. The predicted molar refractivity (Wildman–Crippen MR) is 95.6 cm³/mol. The van der Waals surface area contributed by atoms with Crippen LogP contribution in [0.15, 0.2) is 18.2 Å². The molecule has 1 saturated heterocycles. The molecule has 0 bridgehead atoms. The average molecular weight is 354 g/mol. The summed E-state index contributed by atoms with van der Waals surface area (Å²) in [6, 6.07) is 5.64. The van der Waals surface area contributed by atoms with Gasteiger partial charge in [0.1, 0.15) is 0 Å². The van der Waals surface area contributed by atoms with Crippen molar-refractivity contribution in [3.8, 4) is 0 Å². The van der Waals surface area contributed by atoms with E-state index < -0.39 is 0 Å². The highest BCUT2D eigenvalue weighted by Gasteiger charge is 2.29. The van der Waals surface area contributed by atoms with Gasteiger partial charge in [0.25, 0.3) is 0 Å². The zero-order chi connectivity index (χ0) is 16.2. The number of halogens is 1. The van der Waals surface area contributed by atoms with E-state index >= 15 is 0 Å². The molecule has 3 N–H and O–H groups in total. The lowest BCUT2D eigenvalue weighted by Crippen LogP contribution is -2.43. The third-order valence-electron chi connectivity index (χ3n) is 4.16. The van der Waals surface area contributed by atoms with Crippen molar-refractivity contribution in [2.24, 2.45) is 5.92 Å². The molecule has 1 heterocycles. The van der Waals surface area contributed by atoms with E-state index in [4.69, 9.17) is 4.74 Å².